The summed E-state index contributed by atoms with van der Waals surface area (Å²) in [6, 6.07) is 1.45. The van der Waals surface area contributed by atoms with Crippen LogP contribution >= 0.6 is 0 Å². The van der Waals surface area contributed by atoms with Gasteiger partial charge in [-0.2, -0.15) is 13.2 Å². The second kappa shape index (κ2) is 6.21. The van der Waals surface area contributed by atoms with Crippen molar-refractivity contribution >= 4 is 5.97 Å². The molecule has 0 bridgehead atoms. The summed E-state index contributed by atoms with van der Waals surface area (Å²) in [5.41, 5.74) is 4.27. The van der Waals surface area contributed by atoms with E-state index in [1.165, 1.54) is 0 Å². The van der Waals surface area contributed by atoms with Gasteiger partial charge in [-0.15, -0.1) is 0 Å². The Morgan fingerprint density at radius 3 is 2.45 bits per heavy atom. The molecule has 0 amide bonds. The van der Waals surface area contributed by atoms with Gasteiger partial charge in [0.25, 0.3) is 0 Å². The Kier molecular flexibility index (Phi) is 5.10. The Balaban J connectivity index is 3.35. The molecule has 3 N–H and O–H groups in total. The van der Waals surface area contributed by atoms with Gasteiger partial charge < -0.3 is 10.8 Å². The van der Waals surface area contributed by atoms with E-state index < -0.39 is 41.9 Å². The minimum absolute atomic E-state index is 0.282. The number of rotatable bonds is 5. The van der Waals surface area contributed by atoms with Crippen molar-refractivity contribution in [2.75, 3.05) is 0 Å². The average Bonchev–Trinajstić information content (AvgIpc) is 2.34. The van der Waals surface area contributed by atoms with Crippen molar-refractivity contribution in [3.05, 3.63) is 35.1 Å². The van der Waals surface area contributed by atoms with Crippen molar-refractivity contribution in [2.45, 2.75) is 37.9 Å². The summed E-state index contributed by atoms with van der Waals surface area (Å²) in [4.78, 5) is 10.8. The van der Waals surface area contributed by atoms with Crippen LogP contribution in [0.3, 0.4) is 0 Å². The van der Waals surface area contributed by atoms with Crippen molar-refractivity contribution in [2.24, 2.45) is 5.73 Å². The van der Waals surface area contributed by atoms with Gasteiger partial charge in [-0.05, 0) is 24.1 Å². The van der Waals surface area contributed by atoms with Crippen molar-refractivity contribution in [3.63, 3.8) is 0 Å². The molecule has 0 saturated heterocycles. The Morgan fingerprint density at radius 2 is 2.00 bits per heavy atom. The van der Waals surface area contributed by atoms with Crippen LogP contribution in [0.15, 0.2) is 18.2 Å². The number of aliphatic carboxylic acids is 1. The lowest BCUT2D eigenvalue weighted by molar-refractivity contribution is -0.141. The van der Waals surface area contributed by atoms with Crippen molar-refractivity contribution in [1.29, 1.82) is 0 Å². The third-order valence-corrected chi connectivity index (χ3v) is 3.10. The third kappa shape index (κ3) is 3.93. The second-order valence-corrected chi connectivity index (χ2v) is 4.51. The molecule has 0 saturated carbocycles. The van der Waals surface area contributed by atoms with Crippen LogP contribution in [0.4, 0.5) is 17.6 Å². The fraction of sp³-hybridized carbons (Fsp3) is 0.462. The summed E-state index contributed by atoms with van der Waals surface area (Å²) in [6.45, 7) is 1.65. The van der Waals surface area contributed by atoms with Crippen LogP contribution in [0.25, 0.3) is 0 Å². The van der Waals surface area contributed by atoms with Gasteiger partial charge in [0.1, 0.15) is 5.82 Å². The highest BCUT2D eigenvalue weighted by Crippen LogP contribution is 2.38. The zero-order valence-corrected chi connectivity index (χ0v) is 10.7. The first-order valence-electron chi connectivity index (χ1n) is 6.00. The highest BCUT2D eigenvalue weighted by molar-refractivity contribution is 5.68. The predicted molar refractivity (Wildman–Crippen MR) is 64.7 cm³/mol. The van der Waals surface area contributed by atoms with Crippen molar-refractivity contribution < 1.29 is 27.5 Å². The molecule has 20 heavy (non-hydrogen) atoms. The van der Waals surface area contributed by atoms with Crippen LogP contribution in [0.5, 0.6) is 0 Å². The Bertz CT molecular complexity index is 488. The molecule has 1 aromatic rings. The minimum Gasteiger partial charge on any atom is -0.481 e. The molecule has 2 atom stereocenters. The molecule has 0 aliphatic carbocycles. The number of halogens is 4. The van der Waals surface area contributed by atoms with Gasteiger partial charge in [-0.3, -0.25) is 4.79 Å². The lowest BCUT2D eigenvalue weighted by Gasteiger charge is -2.25. The molecule has 1 aromatic carbocycles. The van der Waals surface area contributed by atoms with E-state index in [4.69, 9.17) is 10.8 Å². The number of carbonyl (C=O) groups is 1. The molecular weight excluding hydrogens is 278 g/mol. The minimum atomic E-state index is -4.76. The number of benzene rings is 1. The highest BCUT2D eigenvalue weighted by Gasteiger charge is 2.37. The lowest BCUT2D eigenvalue weighted by Crippen LogP contribution is -2.31. The quantitative estimate of drug-likeness (QED) is 0.820. The Morgan fingerprint density at radius 1 is 1.40 bits per heavy atom. The molecule has 7 heteroatoms. The van der Waals surface area contributed by atoms with Gasteiger partial charge in [-0.1, -0.05) is 13.0 Å². The van der Waals surface area contributed by atoms with E-state index in [1.807, 2.05) is 0 Å². The number of hydrogen-bond donors (Lipinski definition) is 2. The van der Waals surface area contributed by atoms with Gasteiger partial charge in [0.05, 0.1) is 12.0 Å². The van der Waals surface area contributed by atoms with Crippen LogP contribution in [0.1, 0.15) is 36.8 Å². The zero-order valence-electron chi connectivity index (χ0n) is 10.7. The molecule has 2 unspecified atom stereocenters. The van der Waals surface area contributed by atoms with E-state index in [0.717, 1.165) is 12.1 Å². The largest absolute Gasteiger partial charge is 0.481 e. The van der Waals surface area contributed by atoms with Gasteiger partial charge in [0.2, 0.25) is 0 Å². The van der Waals surface area contributed by atoms with E-state index in [2.05, 4.69) is 0 Å². The van der Waals surface area contributed by atoms with Crippen molar-refractivity contribution in [1.82, 2.24) is 0 Å². The van der Waals surface area contributed by atoms with Gasteiger partial charge in [0, 0.05) is 12.0 Å². The topological polar surface area (TPSA) is 63.3 Å². The van der Waals surface area contributed by atoms with Crippen molar-refractivity contribution in [3.8, 4) is 0 Å². The zero-order chi connectivity index (χ0) is 15.5. The molecule has 3 nitrogen and oxygen atoms in total. The second-order valence-electron chi connectivity index (χ2n) is 4.51. The van der Waals surface area contributed by atoms with E-state index in [0.29, 0.717) is 12.5 Å². The molecular formula is C13H15F4NO2. The average molecular weight is 293 g/mol. The van der Waals surface area contributed by atoms with Crippen LogP contribution in [0, 0.1) is 5.82 Å². The van der Waals surface area contributed by atoms with E-state index in [9.17, 15) is 22.4 Å². The first kappa shape index (κ1) is 16.4. The fourth-order valence-electron chi connectivity index (χ4n) is 2.06. The summed E-state index contributed by atoms with van der Waals surface area (Å²) < 4.78 is 51.9. The summed E-state index contributed by atoms with van der Waals surface area (Å²) in [6.07, 6.45) is -4.99. The number of nitrogens with two attached hydrogens (primary N) is 1. The Labute approximate surface area is 113 Å². The van der Waals surface area contributed by atoms with Crippen LogP contribution in [-0.2, 0) is 11.0 Å². The maximum Gasteiger partial charge on any atom is 0.416 e. The van der Waals surface area contributed by atoms with Crippen LogP contribution < -0.4 is 5.73 Å². The Hall–Kier alpha value is -1.63. The normalized spacial score (nSPS) is 14.9. The van der Waals surface area contributed by atoms with E-state index >= 15 is 0 Å². The molecule has 112 valence electrons. The molecule has 0 radical (unpaired) electrons. The van der Waals surface area contributed by atoms with Gasteiger partial charge >= 0.3 is 12.1 Å². The highest BCUT2D eigenvalue weighted by atomic mass is 19.4. The van der Waals surface area contributed by atoms with E-state index in [-0.39, 0.29) is 5.56 Å². The molecule has 0 aromatic heterocycles. The molecule has 0 aliphatic heterocycles. The maximum atomic E-state index is 13.0. The van der Waals surface area contributed by atoms with Crippen LogP contribution in [0.2, 0.25) is 0 Å². The van der Waals surface area contributed by atoms with Crippen LogP contribution in [-0.4, -0.2) is 17.1 Å². The molecule has 0 heterocycles. The predicted octanol–water partition coefficient (Wildman–Crippen LogP) is 3.14. The molecule has 0 fully saturated rings. The monoisotopic (exact) mass is 293 g/mol. The first-order valence-corrected chi connectivity index (χ1v) is 6.00. The fourth-order valence-corrected chi connectivity index (χ4v) is 2.06. The molecule has 0 aliphatic rings. The molecule has 0 spiro atoms. The summed E-state index contributed by atoms with van der Waals surface area (Å²) in [7, 11) is 0. The summed E-state index contributed by atoms with van der Waals surface area (Å²) >= 11 is 0. The lowest BCUT2D eigenvalue weighted by atomic mass is 9.84. The van der Waals surface area contributed by atoms with Gasteiger partial charge in [0.15, 0.2) is 0 Å². The van der Waals surface area contributed by atoms with E-state index in [1.54, 1.807) is 6.92 Å². The standard InChI is InChI=1S/C13H15F4NO2/c1-2-11(18)9(6-12(19)20)8-4-3-7(14)5-10(8)13(15,16)17/h3-5,9,11H,2,6,18H2,1H3,(H,19,20). The third-order valence-electron chi connectivity index (χ3n) is 3.10. The molecule has 1 rings (SSSR count). The number of alkyl halides is 3. The summed E-state index contributed by atoms with van der Waals surface area (Å²) in [5, 5.41) is 8.83. The number of carboxylic acids is 1. The SMILES string of the molecule is CCC(N)C(CC(=O)O)c1ccc(F)cc1C(F)(F)F. The number of hydrogen-bond acceptors (Lipinski definition) is 2. The van der Waals surface area contributed by atoms with Gasteiger partial charge in [-0.25, -0.2) is 4.39 Å². The number of carboxylic acid groups (broad SMARTS) is 1. The summed E-state index contributed by atoms with van der Waals surface area (Å²) in [5.74, 6) is -3.30. The first-order chi connectivity index (χ1) is 9.16. The maximum absolute atomic E-state index is 13.0. The smallest absolute Gasteiger partial charge is 0.416 e.